The third kappa shape index (κ3) is 4.04. The van der Waals surface area contributed by atoms with Gasteiger partial charge in [0, 0.05) is 52.0 Å². The van der Waals surface area contributed by atoms with Gasteiger partial charge in [0.2, 0.25) is 5.91 Å². The fraction of sp³-hybridized carbons (Fsp3) is 0.667. The van der Waals surface area contributed by atoms with Gasteiger partial charge in [0.25, 0.3) is 0 Å². The molecule has 2 unspecified atom stereocenters. The van der Waals surface area contributed by atoms with Gasteiger partial charge in [-0.05, 0) is 42.9 Å². The highest BCUT2D eigenvalue weighted by molar-refractivity contribution is 5.79. The molecule has 5 nitrogen and oxygen atoms in total. The van der Waals surface area contributed by atoms with E-state index < -0.39 is 5.60 Å². The summed E-state index contributed by atoms with van der Waals surface area (Å²) in [5.41, 5.74) is 1.52. The summed E-state index contributed by atoms with van der Waals surface area (Å²) in [6.07, 6.45) is 2.94. The second kappa shape index (κ2) is 7.97. The molecule has 144 valence electrons. The summed E-state index contributed by atoms with van der Waals surface area (Å²) < 4.78 is 5.44. The zero-order chi connectivity index (χ0) is 18.7. The molecule has 3 rings (SSSR count). The quantitative estimate of drug-likeness (QED) is 0.895. The van der Waals surface area contributed by atoms with Crippen molar-refractivity contribution in [2.45, 2.75) is 38.2 Å². The molecule has 1 amide bonds. The molecule has 2 aliphatic heterocycles. The first-order chi connectivity index (χ1) is 12.4. The highest BCUT2D eigenvalue weighted by Crippen LogP contribution is 2.39. The number of amides is 1. The van der Waals surface area contributed by atoms with Crippen molar-refractivity contribution in [2.24, 2.45) is 11.8 Å². The van der Waals surface area contributed by atoms with E-state index in [0.717, 1.165) is 37.3 Å². The number of piperidine rings is 1. The molecule has 0 radical (unpaired) electrons. The van der Waals surface area contributed by atoms with E-state index in [2.05, 4.69) is 11.8 Å². The van der Waals surface area contributed by atoms with Crippen molar-refractivity contribution in [2.75, 3.05) is 45.3 Å². The molecule has 1 aromatic carbocycles. The molecule has 5 heteroatoms. The molecule has 2 saturated heterocycles. The summed E-state index contributed by atoms with van der Waals surface area (Å²) in [4.78, 5) is 16.7. The van der Waals surface area contributed by atoms with Gasteiger partial charge in [0.05, 0.1) is 12.0 Å². The van der Waals surface area contributed by atoms with Crippen LogP contribution in [0.3, 0.4) is 0 Å². The Kier molecular flexibility index (Phi) is 5.88. The first-order valence-electron chi connectivity index (χ1n) is 9.74. The van der Waals surface area contributed by atoms with E-state index in [4.69, 9.17) is 4.74 Å². The Morgan fingerprint density at radius 3 is 2.50 bits per heavy atom. The molecular weight excluding hydrogens is 328 g/mol. The summed E-state index contributed by atoms with van der Waals surface area (Å²) in [5.74, 6) is 0.546. The highest BCUT2D eigenvalue weighted by Gasteiger charge is 2.45. The van der Waals surface area contributed by atoms with Gasteiger partial charge < -0.3 is 19.6 Å². The van der Waals surface area contributed by atoms with Crippen LogP contribution in [-0.2, 0) is 16.0 Å². The van der Waals surface area contributed by atoms with Gasteiger partial charge in [-0.25, -0.2) is 0 Å². The molecule has 0 aromatic heterocycles. The average molecular weight is 360 g/mol. The van der Waals surface area contributed by atoms with Crippen LogP contribution < -0.4 is 4.90 Å². The number of anilines is 1. The number of hydrogen-bond acceptors (Lipinski definition) is 4. The van der Waals surface area contributed by atoms with Crippen LogP contribution in [0.25, 0.3) is 0 Å². The first-order valence-corrected chi connectivity index (χ1v) is 9.74. The minimum Gasteiger partial charge on any atom is -0.389 e. The maximum absolute atomic E-state index is 12.7. The predicted octanol–water partition coefficient (Wildman–Crippen LogP) is 2.32. The zero-order valence-corrected chi connectivity index (χ0v) is 16.3. The van der Waals surface area contributed by atoms with Gasteiger partial charge in [-0.15, -0.1) is 0 Å². The number of benzene rings is 1. The van der Waals surface area contributed by atoms with Crippen molar-refractivity contribution in [3.05, 3.63) is 29.8 Å². The number of carbonyl (C=O) groups is 1. The zero-order valence-electron chi connectivity index (χ0n) is 16.3. The molecule has 2 fully saturated rings. The normalized spacial score (nSPS) is 27.4. The Bertz CT molecular complexity index is 610. The average Bonchev–Trinajstić information content (AvgIpc) is 2.65. The van der Waals surface area contributed by atoms with E-state index in [9.17, 15) is 9.90 Å². The minimum atomic E-state index is -0.659. The SMILES string of the molecule is CC1CN(C(=O)Cc2ccc(N(C)C)cc2)CCC1(O)C1CCOCC1. The number of rotatable bonds is 4. The van der Waals surface area contributed by atoms with Crippen LogP contribution in [0.15, 0.2) is 24.3 Å². The molecule has 1 aromatic rings. The van der Waals surface area contributed by atoms with E-state index in [0.29, 0.717) is 31.8 Å². The Balaban J connectivity index is 1.58. The van der Waals surface area contributed by atoms with Crippen molar-refractivity contribution in [3.63, 3.8) is 0 Å². The lowest BCUT2D eigenvalue weighted by molar-refractivity contribution is -0.150. The third-order valence-corrected chi connectivity index (χ3v) is 6.22. The van der Waals surface area contributed by atoms with Crippen LogP contribution in [0.2, 0.25) is 0 Å². The molecule has 26 heavy (non-hydrogen) atoms. The molecule has 1 N–H and O–H groups in total. The van der Waals surface area contributed by atoms with Crippen LogP contribution >= 0.6 is 0 Å². The molecule has 0 saturated carbocycles. The predicted molar refractivity (Wildman–Crippen MR) is 103 cm³/mol. The van der Waals surface area contributed by atoms with E-state index >= 15 is 0 Å². The number of likely N-dealkylation sites (tertiary alicyclic amines) is 1. The lowest BCUT2D eigenvalue weighted by atomic mass is 9.70. The van der Waals surface area contributed by atoms with Gasteiger partial charge in [-0.2, -0.15) is 0 Å². The molecule has 0 bridgehead atoms. The number of ether oxygens (including phenoxy) is 1. The summed E-state index contributed by atoms with van der Waals surface area (Å²) in [7, 11) is 4.02. The standard InChI is InChI=1S/C21H32N2O3/c1-16-15-23(11-10-21(16,25)18-8-12-26-13-9-18)20(24)14-17-4-6-19(7-5-17)22(2)3/h4-7,16,18,25H,8-15H2,1-3H3. The van der Waals surface area contributed by atoms with Crippen LogP contribution in [0, 0.1) is 11.8 Å². The Morgan fingerprint density at radius 2 is 1.92 bits per heavy atom. The van der Waals surface area contributed by atoms with Gasteiger partial charge in [0.15, 0.2) is 0 Å². The lowest BCUT2D eigenvalue weighted by Crippen LogP contribution is -2.57. The van der Waals surface area contributed by atoms with Gasteiger partial charge in [-0.1, -0.05) is 19.1 Å². The molecular formula is C21H32N2O3. The summed E-state index contributed by atoms with van der Waals surface area (Å²) >= 11 is 0. The lowest BCUT2D eigenvalue weighted by Gasteiger charge is -2.48. The maximum Gasteiger partial charge on any atom is 0.227 e. The van der Waals surface area contributed by atoms with Gasteiger partial charge in [0.1, 0.15) is 0 Å². The number of nitrogens with zero attached hydrogens (tertiary/aromatic N) is 2. The van der Waals surface area contributed by atoms with Crippen molar-refractivity contribution in [3.8, 4) is 0 Å². The van der Waals surface area contributed by atoms with Gasteiger partial charge >= 0.3 is 0 Å². The molecule has 2 atom stereocenters. The number of hydrogen-bond donors (Lipinski definition) is 1. The van der Waals surface area contributed by atoms with Crippen LogP contribution in [0.5, 0.6) is 0 Å². The van der Waals surface area contributed by atoms with E-state index in [-0.39, 0.29) is 11.8 Å². The monoisotopic (exact) mass is 360 g/mol. The molecule has 0 aliphatic carbocycles. The smallest absolute Gasteiger partial charge is 0.227 e. The van der Waals surface area contributed by atoms with E-state index in [1.807, 2.05) is 43.3 Å². The van der Waals surface area contributed by atoms with Crippen LogP contribution in [0.1, 0.15) is 31.7 Å². The second-order valence-corrected chi connectivity index (χ2v) is 8.11. The minimum absolute atomic E-state index is 0.0967. The van der Waals surface area contributed by atoms with E-state index in [1.165, 1.54) is 0 Å². The number of aliphatic hydroxyl groups is 1. The van der Waals surface area contributed by atoms with Crippen molar-refractivity contribution in [1.82, 2.24) is 4.90 Å². The summed E-state index contributed by atoms with van der Waals surface area (Å²) in [5, 5.41) is 11.2. The maximum atomic E-state index is 12.7. The molecule has 0 spiro atoms. The topological polar surface area (TPSA) is 53.0 Å². The largest absolute Gasteiger partial charge is 0.389 e. The third-order valence-electron chi connectivity index (χ3n) is 6.22. The van der Waals surface area contributed by atoms with Gasteiger partial charge in [-0.3, -0.25) is 4.79 Å². The van der Waals surface area contributed by atoms with Crippen LogP contribution in [-0.4, -0.2) is 61.9 Å². The number of carbonyl (C=O) groups excluding carboxylic acids is 1. The first kappa shape index (κ1) is 19.2. The summed E-state index contributed by atoms with van der Waals surface area (Å²) in [6, 6.07) is 8.15. The fourth-order valence-electron chi connectivity index (χ4n) is 4.37. The van der Waals surface area contributed by atoms with E-state index in [1.54, 1.807) is 0 Å². The second-order valence-electron chi connectivity index (χ2n) is 8.11. The van der Waals surface area contributed by atoms with Crippen molar-refractivity contribution >= 4 is 11.6 Å². The van der Waals surface area contributed by atoms with Crippen molar-refractivity contribution in [1.29, 1.82) is 0 Å². The Morgan fingerprint density at radius 1 is 1.27 bits per heavy atom. The van der Waals surface area contributed by atoms with Crippen molar-refractivity contribution < 1.29 is 14.6 Å². The highest BCUT2D eigenvalue weighted by atomic mass is 16.5. The Hall–Kier alpha value is -1.59. The fourth-order valence-corrected chi connectivity index (χ4v) is 4.37. The Labute approximate surface area is 156 Å². The van der Waals surface area contributed by atoms with Crippen LogP contribution in [0.4, 0.5) is 5.69 Å². The molecule has 2 aliphatic rings. The summed E-state index contributed by atoms with van der Waals surface area (Å²) in [6.45, 7) is 4.85. The molecule has 2 heterocycles.